The van der Waals surface area contributed by atoms with Crippen LogP contribution in [0, 0.1) is 0 Å². The first kappa shape index (κ1) is 11.4. The van der Waals surface area contributed by atoms with Gasteiger partial charge in [-0.2, -0.15) is 0 Å². The van der Waals surface area contributed by atoms with E-state index in [-0.39, 0.29) is 0 Å². The van der Waals surface area contributed by atoms with Crippen molar-refractivity contribution < 1.29 is 4.74 Å². The van der Waals surface area contributed by atoms with E-state index in [0.29, 0.717) is 5.88 Å². The summed E-state index contributed by atoms with van der Waals surface area (Å²) in [5, 5.41) is 5.37. The number of anilines is 1. The largest absolute Gasteiger partial charge is 0.481 e. The fraction of sp³-hybridized carbons (Fsp3) is 0.182. The van der Waals surface area contributed by atoms with Crippen molar-refractivity contribution in [1.29, 1.82) is 0 Å². The summed E-state index contributed by atoms with van der Waals surface area (Å²) in [5.41, 5.74) is 0.991. The van der Waals surface area contributed by atoms with Crippen LogP contribution >= 0.6 is 27.3 Å². The highest BCUT2D eigenvalue weighted by molar-refractivity contribution is 9.10. The van der Waals surface area contributed by atoms with Crippen molar-refractivity contribution in [3.8, 4) is 5.88 Å². The molecule has 84 valence electrons. The number of thiophene rings is 1. The smallest absolute Gasteiger partial charge is 0.213 e. The van der Waals surface area contributed by atoms with Gasteiger partial charge in [0.2, 0.25) is 5.88 Å². The van der Waals surface area contributed by atoms with Crippen molar-refractivity contribution >= 4 is 33.0 Å². The van der Waals surface area contributed by atoms with Crippen molar-refractivity contribution in [3.05, 3.63) is 39.1 Å². The maximum Gasteiger partial charge on any atom is 0.213 e. The van der Waals surface area contributed by atoms with Gasteiger partial charge in [0.1, 0.15) is 0 Å². The number of nitrogens with zero attached hydrogens (tertiary/aromatic N) is 1. The molecule has 2 aromatic heterocycles. The van der Waals surface area contributed by atoms with Crippen LogP contribution in [0.25, 0.3) is 0 Å². The number of aromatic nitrogens is 1. The summed E-state index contributed by atoms with van der Waals surface area (Å²) in [6.07, 6.45) is 1.77. The molecular weight excluding hydrogens is 288 g/mol. The lowest BCUT2D eigenvalue weighted by molar-refractivity contribution is 0.398. The quantitative estimate of drug-likeness (QED) is 0.938. The lowest BCUT2D eigenvalue weighted by atomic mass is 10.4. The molecule has 0 atom stereocenters. The summed E-state index contributed by atoms with van der Waals surface area (Å²) in [4.78, 5) is 5.40. The Labute approximate surface area is 107 Å². The third-order valence-corrected chi connectivity index (χ3v) is 3.73. The van der Waals surface area contributed by atoms with Gasteiger partial charge in [-0.1, -0.05) is 0 Å². The standard InChI is InChI=1S/C11H11BrN2OS/c1-15-11-3-2-9(5-14-11)13-6-10-4-8(12)7-16-10/h2-5,7,13H,6H2,1H3. The second kappa shape index (κ2) is 5.32. The average Bonchev–Trinajstić information content (AvgIpc) is 2.73. The highest BCUT2D eigenvalue weighted by Gasteiger charge is 1.98. The van der Waals surface area contributed by atoms with Gasteiger partial charge < -0.3 is 10.1 Å². The number of ether oxygens (including phenoxy) is 1. The van der Waals surface area contributed by atoms with Crippen LogP contribution in [-0.4, -0.2) is 12.1 Å². The summed E-state index contributed by atoms with van der Waals surface area (Å²) < 4.78 is 6.12. The Morgan fingerprint density at radius 1 is 1.50 bits per heavy atom. The van der Waals surface area contributed by atoms with Crippen molar-refractivity contribution in [3.63, 3.8) is 0 Å². The molecule has 0 aliphatic rings. The monoisotopic (exact) mass is 298 g/mol. The molecule has 0 amide bonds. The zero-order valence-corrected chi connectivity index (χ0v) is 11.1. The lowest BCUT2D eigenvalue weighted by Gasteiger charge is -2.04. The van der Waals surface area contributed by atoms with E-state index in [2.05, 4.69) is 37.7 Å². The minimum absolute atomic E-state index is 0.629. The first-order valence-corrected chi connectivity index (χ1v) is 6.42. The SMILES string of the molecule is COc1ccc(NCc2cc(Br)cs2)cn1. The van der Waals surface area contributed by atoms with Gasteiger partial charge in [-0.05, 0) is 28.1 Å². The normalized spacial score (nSPS) is 10.1. The first-order chi connectivity index (χ1) is 7.78. The highest BCUT2D eigenvalue weighted by Crippen LogP contribution is 2.21. The molecule has 0 unspecified atom stereocenters. The van der Waals surface area contributed by atoms with E-state index in [9.17, 15) is 0 Å². The van der Waals surface area contributed by atoms with Crippen LogP contribution in [0.1, 0.15) is 4.88 Å². The van der Waals surface area contributed by atoms with E-state index in [1.807, 2.05) is 12.1 Å². The van der Waals surface area contributed by atoms with Crippen LogP contribution in [0.2, 0.25) is 0 Å². The molecule has 0 aliphatic carbocycles. The fourth-order valence-corrected chi connectivity index (χ4v) is 2.63. The Kier molecular flexibility index (Phi) is 3.79. The van der Waals surface area contributed by atoms with E-state index in [1.165, 1.54) is 4.88 Å². The number of pyridine rings is 1. The minimum Gasteiger partial charge on any atom is -0.481 e. The summed E-state index contributed by atoms with van der Waals surface area (Å²) in [6, 6.07) is 5.90. The van der Waals surface area contributed by atoms with E-state index in [1.54, 1.807) is 24.6 Å². The Morgan fingerprint density at radius 2 is 2.38 bits per heavy atom. The molecule has 0 aromatic carbocycles. The molecule has 16 heavy (non-hydrogen) atoms. The minimum atomic E-state index is 0.629. The van der Waals surface area contributed by atoms with Crippen molar-refractivity contribution in [2.45, 2.75) is 6.54 Å². The molecule has 1 N–H and O–H groups in total. The molecule has 0 aliphatic heterocycles. The van der Waals surface area contributed by atoms with Crippen LogP contribution in [0.3, 0.4) is 0 Å². The van der Waals surface area contributed by atoms with E-state index in [4.69, 9.17) is 4.74 Å². The van der Waals surface area contributed by atoms with Crippen LogP contribution in [0.4, 0.5) is 5.69 Å². The summed E-state index contributed by atoms with van der Waals surface area (Å²) in [7, 11) is 1.61. The van der Waals surface area contributed by atoms with E-state index in [0.717, 1.165) is 16.7 Å². The van der Waals surface area contributed by atoms with E-state index >= 15 is 0 Å². The second-order valence-electron chi connectivity index (χ2n) is 3.17. The number of hydrogen-bond acceptors (Lipinski definition) is 4. The number of halogens is 1. The molecule has 2 heterocycles. The van der Waals surface area contributed by atoms with Crippen molar-refractivity contribution in [2.24, 2.45) is 0 Å². The third-order valence-electron chi connectivity index (χ3n) is 2.03. The molecule has 3 nitrogen and oxygen atoms in total. The third kappa shape index (κ3) is 2.96. The highest BCUT2D eigenvalue weighted by atomic mass is 79.9. The summed E-state index contributed by atoms with van der Waals surface area (Å²) in [6.45, 7) is 0.810. The maximum atomic E-state index is 4.99. The molecule has 0 bridgehead atoms. The van der Waals surface area contributed by atoms with Crippen LogP contribution in [-0.2, 0) is 6.54 Å². The van der Waals surface area contributed by atoms with Gasteiger partial charge in [-0.3, -0.25) is 0 Å². The summed E-state index contributed by atoms with van der Waals surface area (Å²) >= 11 is 5.15. The Balaban J connectivity index is 1.94. The van der Waals surface area contributed by atoms with Gasteiger partial charge in [0.05, 0.1) is 19.0 Å². The molecule has 5 heteroatoms. The molecule has 0 radical (unpaired) electrons. The number of hydrogen-bond donors (Lipinski definition) is 1. The number of methoxy groups -OCH3 is 1. The van der Waals surface area contributed by atoms with Gasteiger partial charge in [0.25, 0.3) is 0 Å². The van der Waals surface area contributed by atoms with Crippen molar-refractivity contribution in [1.82, 2.24) is 4.98 Å². The zero-order valence-electron chi connectivity index (χ0n) is 8.74. The van der Waals surface area contributed by atoms with Gasteiger partial charge in [0.15, 0.2) is 0 Å². The molecule has 2 aromatic rings. The van der Waals surface area contributed by atoms with Gasteiger partial charge in [-0.15, -0.1) is 11.3 Å². The van der Waals surface area contributed by atoms with Crippen molar-refractivity contribution in [2.75, 3.05) is 12.4 Å². The predicted molar refractivity (Wildman–Crippen MR) is 70.1 cm³/mol. The molecule has 2 rings (SSSR count). The van der Waals surface area contributed by atoms with Crippen LogP contribution in [0.15, 0.2) is 34.2 Å². The van der Waals surface area contributed by atoms with E-state index < -0.39 is 0 Å². The van der Waals surface area contributed by atoms with Gasteiger partial charge in [0, 0.05) is 27.3 Å². The average molecular weight is 299 g/mol. The second-order valence-corrected chi connectivity index (χ2v) is 5.09. The Hall–Kier alpha value is -1.07. The first-order valence-electron chi connectivity index (χ1n) is 4.75. The molecule has 0 spiro atoms. The lowest BCUT2D eigenvalue weighted by Crippen LogP contribution is -1.98. The Bertz CT molecular complexity index is 455. The molecule has 0 saturated carbocycles. The fourth-order valence-electron chi connectivity index (χ4n) is 1.24. The molecule has 0 fully saturated rings. The molecular formula is C11H11BrN2OS. The Morgan fingerprint density at radius 3 is 2.94 bits per heavy atom. The maximum absolute atomic E-state index is 4.99. The topological polar surface area (TPSA) is 34.1 Å². The number of nitrogens with one attached hydrogen (secondary N) is 1. The van der Waals surface area contributed by atoms with Crippen LogP contribution in [0.5, 0.6) is 5.88 Å². The number of rotatable bonds is 4. The summed E-state index contributed by atoms with van der Waals surface area (Å²) in [5.74, 6) is 0.629. The van der Waals surface area contributed by atoms with Gasteiger partial charge in [-0.25, -0.2) is 4.98 Å². The van der Waals surface area contributed by atoms with Crippen LogP contribution < -0.4 is 10.1 Å². The molecule has 0 saturated heterocycles. The zero-order chi connectivity index (χ0) is 11.4. The van der Waals surface area contributed by atoms with Gasteiger partial charge >= 0.3 is 0 Å². The predicted octanol–water partition coefficient (Wildman–Crippen LogP) is 3.53.